The Kier molecular flexibility index (Phi) is 32.7. The van der Waals surface area contributed by atoms with E-state index in [0.717, 1.165) is 57.8 Å². The third-order valence-electron chi connectivity index (χ3n) is 9.58. The number of carbonyl (C=O) groups is 2. The number of aliphatic hydroxyl groups is 5. The summed E-state index contributed by atoms with van der Waals surface area (Å²) in [6, 6.07) is 0. The Labute approximate surface area is 358 Å². The van der Waals surface area contributed by atoms with Crippen molar-refractivity contribution in [3.05, 3.63) is 85.1 Å². The maximum absolute atomic E-state index is 12.8. The quantitative estimate of drug-likeness (QED) is 0.0119. The molecule has 0 saturated heterocycles. The van der Waals surface area contributed by atoms with Crippen molar-refractivity contribution in [2.24, 2.45) is 0 Å². The predicted molar refractivity (Wildman–Crippen MR) is 235 cm³/mol. The van der Waals surface area contributed by atoms with Gasteiger partial charge in [0.15, 0.2) is 6.10 Å². The van der Waals surface area contributed by atoms with E-state index in [1.54, 1.807) is 0 Å². The smallest absolute Gasteiger partial charge is 0.462 e. The van der Waals surface area contributed by atoms with Crippen LogP contribution in [0.5, 0.6) is 0 Å². The number of phosphoric ester groups is 1. The molecule has 342 valence electrons. The molecule has 0 bridgehead atoms. The molecule has 1 rings (SSSR count). The molecular formula is C46H75O13P. The lowest BCUT2D eigenvalue weighted by atomic mass is 9.85. The van der Waals surface area contributed by atoms with Crippen LogP contribution in [0.15, 0.2) is 85.1 Å². The summed E-state index contributed by atoms with van der Waals surface area (Å²) in [6.45, 7) is 3.10. The summed E-state index contributed by atoms with van der Waals surface area (Å²) >= 11 is 0. The van der Waals surface area contributed by atoms with E-state index in [4.69, 9.17) is 18.5 Å². The van der Waals surface area contributed by atoms with Gasteiger partial charge in [0, 0.05) is 12.8 Å². The highest BCUT2D eigenvalue weighted by Gasteiger charge is 2.51. The zero-order valence-corrected chi connectivity index (χ0v) is 36.9. The molecule has 6 N–H and O–H groups in total. The maximum atomic E-state index is 12.8. The molecule has 14 heteroatoms. The molecule has 13 nitrogen and oxygen atoms in total. The minimum Gasteiger partial charge on any atom is -0.462 e. The summed E-state index contributed by atoms with van der Waals surface area (Å²) in [7, 11) is -5.14. The average molecular weight is 867 g/mol. The van der Waals surface area contributed by atoms with E-state index in [9.17, 15) is 44.6 Å². The van der Waals surface area contributed by atoms with Gasteiger partial charge in [-0.3, -0.25) is 18.6 Å². The predicted octanol–water partition coefficient (Wildman–Crippen LogP) is 8.11. The first kappa shape index (κ1) is 55.0. The Morgan fingerprint density at radius 1 is 0.533 bits per heavy atom. The van der Waals surface area contributed by atoms with Gasteiger partial charge < -0.3 is 39.9 Å². The molecule has 1 aliphatic rings. The van der Waals surface area contributed by atoms with Crippen LogP contribution in [0.4, 0.5) is 0 Å². The van der Waals surface area contributed by atoms with Gasteiger partial charge in [0.25, 0.3) is 0 Å². The van der Waals surface area contributed by atoms with Crippen molar-refractivity contribution in [1.82, 2.24) is 0 Å². The van der Waals surface area contributed by atoms with Crippen LogP contribution in [0.3, 0.4) is 0 Å². The van der Waals surface area contributed by atoms with Crippen LogP contribution in [-0.4, -0.2) is 98.3 Å². The fourth-order valence-corrected chi connectivity index (χ4v) is 6.99. The molecule has 1 saturated carbocycles. The van der Waals surface area contributed by atoms with Crippen LogP contribution in [0, 0.1) is 0 Å². The molecule has 0 amide bonds. The monoisotopic (exact) mass is 866 g/mol. The molecule has 7 unspecified atom stereocenters. The van der Waals surface area contributed by atoms with Crippen molar-refractivity contribution < 1.29 is 63.1 Å². The van der Waals surface area contributed by atoms with E-state index in [0.29, 0.717) is 12.8 Å². The molecule has 0 aliphatic heterocycles. The highest BCUT2D eigenvalue weighted by molar-refractivity contribution is 7.47. The van der Waals surface area contributed by atoms with Gasteiger partial charge in [-0.15, -0.1) is 0 Å². The van der Waals surface area contributed by atoms with Gasteiger partial charge >= 0.3 is 19.8 Å². The van der Waals surface area contributed by atoms with Gasteiger partial charge in [-0.25, -0.2) is 4.57 Å². The van der Waals surface area contributed by atoms with Crippen molar-refractivity contribution in [3.8, 4) is 0 Å². The lowest BCUT2D eigenvalue weighted by molar-refractivity contribution is -0.220. The number of ether oxygens (including phenoxy) is 2. The molecule has 60 heavy (non-hydrogen) atoms. The van der Waals surface area contributed by atoms with Crippen molar-refractivity contribution in [2.75, 3.05) is 13.2 Å². The van der Waals surface area contributed by atoms with Gasteiger partial charge in [-0.2, -0.15) is 0 Å². The van der Waals surface area contributed by atoms with Crippen LogP contribution < -0.4 is 0 Å². The topological polar surface area (TPSA) is 210 Å². The number of hydrogen-bond donors (Lipinski definition) is 6. The van der Waals surface area contributed by atoms with E-state index >= 15 is 0 Å². The van der Waals surface area contributed by atoms with Crippen LogP contribution in [-0.2, 0) is 32.7 Å². The fourth-order valence-electron chi connectivity index (χ4n) is 6.02. The van der Waals surface area contributed by atoms with Gasteiger partial charge in [-0.05, 0) is 51.4 Å². The van der Waals surface area contributed by atoms with E-state index in [1.807, 2.05) is 60.8 Å². The van der Waals surface area contributed by atoms with Crippen LogP contribution in [0.2, 0.25) is 0 Å². The molecule has 8 atom stereocenters. The highest BCUT2D eigenvalue weighted by Crippen LogP contribution is 2.47. The number of phosphoric acid groups is 1. The first-order chi connectivity index (χ1) is 28.9. The largest absolute Gasteiger partial charge is 0.472 e. The molecule has 1 aliphatic carbocycles. The van der Waals surface area contributed by atoms with Gasteiger partial charge in [0.1, 0.15) is 43.2 Å². The Morgan fingerprint density at radius 2 is 1.03 bits per heavy atom. The molecule has 0 aromatic heterocycles. The van der Waals surface area contributed by atoms with Crippen molar-refractivity contribution in [2.45, 2.75) is 179 Å². The fraction of sp³-hybridized carbons (Fsp3) is 0.652. The molecular weight excluding hydrogens is 791 g/mol. The summed E-state index contributed by atoms with van der Waals surface area (Å²) < 4.78 is 33.4. The molecule has 0 aromatic rings. The van der Waals surface area contributed by atoms with Crippen LogP contribution in [0.1, 0.15) is 136 Å². The molecule has 0 spiro atoms. The van der Waals surface area contributed by atoms with E-state index < -0.39 is 75.7 Å². The second-order valence-electron chi connectivity index (χ2n) is 15.0. The van der Waals surface area contributed by atoms with Gasteiger partial charge in [0.2, 0.25) is 0 Å². The number of aliphatic hydroxyl groups excluding tert-OH is 5. The normalized spacial score (nSPS) is 23.0. The van der Waals surface area contributed by atoms with E-state index in [-0.39, 0.29) is 12.8 Å². The second kappa shape index (κ2) is 35.6. The Balaban J connectivity index is 2.54. The number of hydrogen-bond acceptors (Lipinski definition) is 12. The molecule has 0 radical (unpaired) electrons. The van der Waals surface area contributed by atoms with E-state index in [1.165, 1.54) is 38.5 Å². The minimum absolute atomic E-state index is 0.0204. The SMILES string of the molecule is CCC/C=C/C=C/C=C/C=C/C=C/CCCCCCCC(=O)OCC(COP(=O)(O)OC1C(O)C(O)C(O)[C@H](O)C1O)OC(=O)CC/C=C/C/C=C/CCCCCCCC. The Bertz CT molecular complexity index is 1370. The number of rotatable bonds is 34. The first-order valence-electron chi connectivity index (χ1n) is 22.0. The molecule has 0 heterocycles. The summed E-state index contributed by atoms with van der Waals surface area (Å²) in [5, 5.41) is 50.1. The highest BCUT2D eigenvalue weighted by atomic mass is 31.2. The second-order valence-corrected chi connectivity index (χ2v) is 16.4. The zero-order valence-electron chi connectivity index (χ0n) is 36.0. The lowest BCUT2D eigenvalue weighted by Crippen LogP contribution is -2.64. The summed E-state index contributed by atoms with van der Waals surface area (Å²) in [4.78, 5) is 35.6. The lowest BCUT2D eigenvalue weighted by Gasteiger charge is -2.41. The summed E-state index contributed by atoms with van der Waals surface area (Å²) in [6.07, 6.45) is 32.2. The third kappa shape index (κ3) is 27.8. The third-order valence-corrected chi connectivity index (χ3v) is 10.6. The molecule has 1 fully saturated rings. The van der Waals surface area contributed by atoms with Crippen molar-refractivity contribution in [3.63, 3.8) is 0 Å². The van der Waals surface area contributed by atoms with Crippen molar-refractivity contribution >= 4 is 19.8 Å². The standard InChI is InChI=1S/C46H75O13P/c1-3-5-7-9-11-13-15-17-18-19-20-21-23-24-26-28-30-32-34-39(47)56-36-38(37-57-60(54,55)59-46-44(52)42(50)41(49)43(51)45(46)53)58-40(48)35-33-31-29-27-25-22-16-14-12-10-8-6-4-2/h7,9,11,13,15,17-22,25,29,31,38,41-46,49-53H,3-6,8,10,12,14,16,23-24,26-28,30,32-37H2,1-2H3,(H,54,55)/b9-7+,13-11+,17-15+,19-18+,21-20+,25-22+,31-29+/t38?,41?,42-,43?,44?,45?,46?/m0/s1. The molecule has 0 aromatic carbocycles. The number of carbonyl (C=O) groups excluding carboxylic acids is 2. The van der Waals surface area contributed by atoms with Gasteiger partial charge in [0.05, 0.1) is 6.61 Å². The summed E-state index contributed by atoms with van der Waals surface area (Å²) in [5.41, 5.74) is 0. The number of allylic oxidation sites excluding steroid dienone is 14. The Hall–Kier alpha value is -2.97. The van der Waals surface area contributed by atoms with Crippen molar-refractivity contribution in [1.29, 1.82) is 0 Å². The zero-order chi connectivity index (χ0) is 44.3. The average Bonchev–Trinajstić information content (AvgIpc) is 3.23. The summed E-state index contributed by atoms with van der Waals surface area (Å²) in [5.74, 6) is -1.22. The number of esters is 2. The van der Waals surface area contributed by atoms with Gasteiger partial charge in [-0.1, -0.05) is 157 Å². The Morgan fingerprint density at radius 3 is 1.63 bits per heavy atom. The maximum Gasteiger partial charge on any atom is 0.472 e. The van der Waals surface area contributed by atoms with Crippen LogP contribution in [0.25, 0.3) is 0 Å². The van der Waals surface area contributed by atoms with E-state index in [2.05, 4.69) is 38.2 Å². The minimum atomic E-state index is -5.14. The first-order valence-corrected chi connectivity index (χ1v) is 23.5. The number of unbranched alkanes of at least 4 members (excludes halogenated alkanes) is 12. The van der Waals surface area contributed by atoms with Crippen LogP contribution >= 0.6 is 7.82 Å².